The number of hydrogen-bond donors (Lipinski definition) is 0. The number of methoxy groups -OCH3 is 1. The third kappa shape index (κ3) is 4.24. The van der Waals surface area contributed by atoms with Crippen LogP contribution in [0.15, 0.2) is 54.9 Å². The Labute approximate surface area is 161 Å². The Bertz CT molecular complexity index is 955. The Morgan fingerprint density at radius 1 is 0.893 bits per heavy atom. The molecule has 0 N–H and O–H groups in total. The molecule has 4 nitrogen and oxygen atoms in total. The van der Waals surface area contributed by atoms with Crippen molar-refractivity contribution in [1.82, 2.24) is 9.97 Å². The molecule has 7 heteroatoms. The normalized spacial score (nSPS) is 11.5. The fourth-order valence-electron chi connectivity index (χ4n) is 2.75. The molecule has 1 aromatic heterocycles. The van der Waals surface area contributed by atoms with E-state index < -0.39 is 11.7 Å². The molecule has 0 radical (unpaired) electrons. The molecule has 3 aromatic rings. The lowest BCUT2D eigenvalue weighted by molar-refractivity contribution is -0.139. The molecule has 0 aliphatic rings. The van der Waals surface area contributed by atoms with Crippen LogP contribution in [-0.2, 0) is 6.18 Å². The summed E-state index contributed by atoms with van der Waals surface area (Å²) in [4.78, 5) is 8.48. The van der Waals surface area contributed by atoms with Gasteiger partial charge >= 0.3 is 6.18 Å². The van der Waals surface area contributed by atoms with Gasteiger partial charge in [0.05, 0.1) is 18.8 Å². The van der Waals surface area contributed by atoms with Crippen molar-refractivity contribution in [3.63, 3.8) is 0 Å². The van der Waals surface area contributed by atoms with Crippen molar-refractivity contribution in [2.75, 3.05) is 7.11 Å². The molecule has 0 aliphatic heterocycles. The van der Waals surface area contributed by atoms with Gasteiger partial charge in [-0.15, -0.1) is 0 Å². The van der Waals surface area contributed by atoms with E-state index in [1.165, 1.54) is 12.1 Å². The van der Waals surface area contributed by atoms with Crippen LogP contribution in [0.25, 0.3) is 22.5 Å². The molecule has 0 bridgehead atoms. The zero-order chi connectivity index (χ0) is 20.3. The van der Waals surface area contributed by atoms with E-state index in [0.717, 1.165) is 11.6 Å². The number of nitrogens with zero attached hydrogens (tertiary/aromatic N) is 2. The molecule has 1 heterocycles. The van der Waals surface area contributed by atoms with Gasteiger partial charge in [-0.05, 0) is 38.1 Å². The van der Waals surface area contributed by atoms with Gasteiger partial charge in [0.2, 0.25) is 0 Å². The summed E-state index contributed by atoms with van der Waals surface area (Å²) in [5, 5.41) is 0. The first-order chi connectivity index (χ1) is 13.3. The van der Waals surface area contributed by atoms with E-state index in [2.05, 4.69) is 9.97 Å². The standard InChI is InChI=1S/C21H19F3N2O2/c1-13(2)28-19-9-8-14(10-17(19)21(22,23)24)20-25-11-15(12-26-20)16-6-4-5-7-18(16)27-3/h4-13H,1-3H3. The topological polar surface area (TPSA) is 44.2 Å². The molecular weight excluding hydrogens is 369 g/mol. The smallest absolute Gasteiger partial charge is 0.419 e. The van der Waals surface area contributed by atoms with Gasteiger partial charge < -0.3 is 9.47 Å². The second kappa shape index (κ2) is 7.88. The van der Waals surface area contributed by atoms with Crippen molar-refractivity contribution >= 4 is 0 Å². The average molecular weight is 388 g/mol. The number of aromatic nitrogens is 2. The zero-order valence-electron chi connectivity index (χ0n) is 15.6. The predicted octanol–water partition coefficient (Wildman–Crippen LogP) is 5.63. The van der Waals surface area contributed by atoms with Gasteiger partial charge in [0.15, 0.2) is 5.82 Å². The van der Waals surface area contributed by atoms with Crippen LogP contribution in [0.5, 0.6) is 11.5 Å². The minimum atomic E-state index is -4.54. The van der Waals surface area contributed by atoms with Crippen molar-refractivity contribution < 1.29 is 22.6 Å². The summed E-state index contributed by atoms with van der Waals surface area (Å²) in [6.45, 7) is 3.35. The van der Waals surface area contributed by atoms with Gasteiger partial charge in [-0.25, -0.2) is 9.97 Å². The van der Waals surface area contributed by atoms with Crippen LogP contribution in [0.4, 0.5) is 13.2 Å². The van der Waals surface area contributed by atoms with Gasteiger partial charge in [-0.1, -0.05) is 18.2 Å². The number of alkyl halides is 3. The number of benzene rings is 2. The second-order valence-electron chi connectivity index (χ2n) is 6.37. The molecule has 2 aromatic carbocycles. The predicted molar refractivity (Wildman–Crippen MR) is 100 cm³/mol. The molecule has 0 aliphatic carbocycles. The first-order valence-electron chi connectivity index (χ1n) is 8.63. The Morgan fingerprint density at radius 2 is 1.57 bits per heavy atom. The molecule has 0 fully saturated rings. The second-order valence-corrected chi connectivity index (χ2v) is 6.37. The highest BCUT2D eigenvalue weighted by Crippen LogP contribution is 2.39. The van der Waals surface area contributed by atoms with Gasteiger partial charge in [0.1, 0.15) is 11.5 Å². The minimum absolute atomic E-state index is 0.195. The van der Waals surface area contributed by atoms with Crippen LogP contribution in [0, 0.1) is 0 Å². The fourth-order valence-corrected chi connectivity index (χ4v) is 2.75. The highest BCUT2D eigenvalue weighted by atomic mass is 19.4. The van der Waals surface area contributed by atoms with Crippen molar-refractivity contribution in [2.24, 2.45) is 0 Å². The van der Waals surface area contributed by atoms with E-state index in [4.69, 9.17) is 9.47 Å². The SMILES string of the molecule is COc1ccccc1-c1cnc(-c2ccc(OC(C)C)c(C(F)(F)F)c2)nc1. The highest BCUT2D eigenvalue weighted by Gasteiger charge is 2.35. The highest BCUT2D eigenvalue weighted by molar-refractivity contribution is 5.70. The van der Waals surface area contributed by atoms with E-state index in [9.17, 15) is 13.2 Å². The first-order valence-corrected chi connectivity index (χ1v) is 8.63. The molecule has 0 saturated carbocycles. The van der Waals surface area contributed by atoms with Crippen molar-refractivity contribution in [2.45, 2.75) is 26.1 Å². The molecule has 0 unspecified atom stereocenters. The summed E-state index contributed by atoms with van der Waals surface area (Å²) >= 11 is 0. The number of rotatable bonds is 5. The summed E-state index contributed by atoms with van der Waals surface area (Å²) in [6.07, 6.45) is -1.79. The van der Waals surface area contributed by atoms with E-state index in [1.807, 2.05) is 24.3 Å². The lowest BCUT2D eigenvalue weighted by atomic mass is 10.1. The Kier molecular flexibility index (Phi) is 5.53. The molecular formula is C21H19F3N2O2. The Hall–Kier alpha value is -3.09. The maximum atomic E-state index is 13.4. The molecule has 3 rings (SSSR count). The maximum Gasteiger partial charge on any atom is 0.419 e. The van der Waals surface area contributed by atoms with Crippen LogP contribution in [0.2, 0.25) is 0 Å². The van der Waals surface area contributed by atoms with Gasteiger partial charge in [0.25, 0.3) is 0 Å². The van der Waals surface area contributed by atoms with Crippen molar-refractivity contribution in [1.29, 1.82) is 0 Å². The van der Waals surface area contributed by atoms with E-state index >= 15 is 0 Å². The van der Waals surface area contributed by atoms with Crippen molar-refractivity contribution in [3.05, 3.63) is 60.4 Å². The van der Waals surface area contributed by atoms with Crippen LogP contribution in [-0.4, -0.2) is 23.2 Å². The number of para-hydroxylation sites is 1. The fraction of sp³-hybridized carbons (Fsp3) is 0.238. The monoisotopic (exact) mass is 388 g/mol. The van der Waals surface area contributed by atoms with Crippen LogP contribution < -0.4 is 9.47 Å². The van der Waals surface area contributed by atoms with Gasteiger partial charge in [0, 0.05) is 29.1 Å². The number of ether oxygens (including phenoxy) is 2. The summed E-state index contributed by atoms with van der Waals surface area (Å²) in [5.41, 5.74) is 0.913. The number of halogens is 3. The lowest BCUT2D eigenvalue weighted by Crippen LogP contribution is -2.13. The van der Waals surface area contributed by atoms with Crippen LogP contribution in [0.1, 0.15) is 19.4 Å². The third-order valence-electron chi connectivity index (χ3n) is 3.98. The first kappa shape index (κ1) is 19.7. The lowest BCUT2D eigenvalue weighted by Gasteiger charge is -2.17. The molecule has 28 heavy (non-hydrogen) atoms. The van der Waals surface area contributed by atoms with E-state index in [1.54, 1.807) is 33.4 Å². The van der Waals surface area contributed by atoms with Gasteiger partial charge in [-0.2, -0.15) is 13.2 Å². The summed E-state index contributed by atoms with van der Waals surface area (Å²) < 4.78 is 50.9. The maximum absolute atomic E-state index is 13.4. The quantitative estimate of drug-likeness (QED) is 0.569. The molecule has 0 amide bonds. The van der Waals surface area contributed by atoms with E-state index in [0.29, 0.717) is 11.3 Å². The summed E-state index contributed by atoms with van der Waals surface area (Å²) in [6, 6.07) is 11.2. The third-order valence-corrected chi connectivity index (χ3v) is 3.98. The largest absolute Gasteiger partial charge is 0.496 e. The molecule has 146 valence electrons. The van der Waals surface area contributed by atoms with Crippen molar-refractivity contribution in [3.8, 4) is 34.0 Å². The summed E-state index contributed by atoms with van der Waals surface area (Å²) in [7, 11) is 1.56. The number of hydrogen-bond acceptors (Lipinski definition) is 4. The zero-order valence-corrected chi connectivity index (χ0v) is 15.6. The Morgan fingerprint density at radius 3 is 2.18 bits per heavy atom. The van der Waals surface area contributed by atoms with Gasteiger partial charge in [-0.3, -0.25) is 0 Å². The average Bonchev–Trinajstić information content (AvgIpc) is 2.67. The molecule has 0 saturated heterocycles. The van der Waals surface area contributed by atoms with Crippen LogP contribution >= 0.6 is 0 Å². The molecule has 0 spiro atoms. The Balaban J connectivity index is 1.98. The molecule has 0 atom stereocenters. The van der Waals surface area contributed by atoms with Crippen LogP contribution in [0.3, 0.4) is 0 Å². The summed E-state index contributed by atoms with van der Waals surface area (Å²) in [5.74, 6) is 0.644. The minimum Gasteiger partial charge on any atom is -0.496 e. The van der Waals surface area contributed by atoms with E-state index in [-0.39, 0.29) is 23.2 Å².